The van der Waals surface area contributed by atoms with Crippen LogP contribution in [-0.2, 0) is 9.53 Å². The molecule has 2 saturated heterocycles. The van der Waals surface area contributed by atoms with E-state index in [1.54, 1.807) is 19.0 Å². The Bertz CT molecular complexity index is 505. The van der Waals surface area contributed by atoms with Crippen molar-refractivity contribution in [3.63, 3.8) is 0 Å². The number of rotatable bonds is 10. The third kappa shape index (κ3) is 9.31. The predicted molar refractivity (Wildman–Crippen MR) is 118 cm³/mol. The van der Waals surface area contributed by atoms with E-state index in [0.29, 0.717) is 12.0 Å². The molecule has 2 aliphatic heterocycles. The standard InChI is InChI=1S/C21H42N6O2/c1-18(2)17-27-10-5-7-19(27)15-23-21(24-16-20(28)25(3)4)22-8-6-9-26-11-13-29-14-12-26/h18-19H,5-17H2,1-4H3,(H2,22,23,24)/t19-/m1/s1. The number of carbonyl (C=O) groups is 1. The maximum absolute atomic E-state index is 12.0. The Morgan fingerprint density at radius 2 is 1.97 bits per heavy atom. The first kappa shape index (κ1) is 23.9. The number of ether oxygens (including phenoxy) is 1. The molecule has 2 heterocycles. The summed E-state index contributed by atoms with van der Waals surface area (Å²) in [6, 6.07) is 0.544. The van der Waals surface area contributed by atoms with E-state index in [1.165, 1.54) is 19.4 Å². The van der Waals surface area contributed by atoms with Gasteiger partial charge in [0.2, 0.25) is 5.91 Å². The van der Waals surface area contributed by atoms with Gasteiger partial charge >= 0.3 is 0 Å². The molecule has 1 amide bonds. The number of hydrogen-bond acceptors (Lipinski definition) is 5. The summed E-state index contributed by atoms with van der Waals surface area (Å²) < 4.78 is 5.40. The van der Waals surface area contributed by atoms with Gasteiger partial charge in [-0.1, -0.05) is 13.8 Å². The first-order valence-corrected chi connectivity index (χ1v) is 11.2. The Morgan fingerprint density at radius 3 is 2.66 bits per heavy atom. The van der Waals surface area contributed by atoms with Crippen LogP contribution in [0.2, 0.25) is 0 Å². The van der Waals surface area contributed by atoms with Crippen LogP contribution in [0.3, 0.4) is 0 Å². The molecule has 1 atom stereocenters. The minimum Gasteiger partial charge on any atom is -0.379 e. The Labute approximate surface area is 177 Å². The van der Waals surface area contributed by atoms with Crippen LogP contribution < -0.4 is 10.6 Å². The second-order valence-electron chi connectivity index (χ2n) is 8.75. The van der Waals surface area contributed by atoms with Gasteiger partial charge in [-0.05, 0) is 38.3 Å². The van der Waals surface area contributed by atoms with Crippen LogP contribution in [0.4, 0.5) is 0 Å². The number of aliphatic imine (C=N–C) groups is 1. The number of guanidine groups is 1. The molecule has 0 aromatic heterocycles. The summed E-state index contributed by atoms with van der Waals surface area (Å²) in [6.45, 7) is 13.5. The molecule has 2 aliphatic rings. The highest BCUT2D eigenvalue weighted by Gasteiger charge is 2.24. The molecule has 8 nitrogen and oxygen atoms in total. The Kier molecular flexibility index (Phi) is 10.7. The van der Waals surface area contributed by atoms with Gasteiger partial charge in [0.15, 0.2) is 5.96 Å². The molecule has 8 heteroatoms. The SMILES string of the molecule is CC(C)CN1CCC[C@@H]1CNC(=NCC(=O)N(C)C)NCCCN1CCOCC1. The quantitative estimate of drug-likeness (QED) is 0.310. The molecule has 0 unspecified atom stereocenters. The molecule has 2 N–H and O–H groups in total. The highest BCUT2D eigenvalue weighted by Crippen LogP contribution is 2.17. The zero-order chi connectivity index (χ0) is 21.1. The maximum atomic E-state index is 12.0. The summed E-state index contributed by atoms with van der Waals surface area (Å²) in [5.74, 6) is 1.44. The molecule has 0 radical (unpaired) electrons. The lowest BCUT2D eigenvalue weighted by Crippen LogP contribution is -2.46. The lowest BCUT2D eigenvalue weighted by atomic mass is 10.1. The van der Waals surface area contributed by atoms with Gasteiger partial charge in [0, 0.05) is 52.9 Å². The van der Waals surface area contributed by atoms with Crippen molar-refractivity contribution in [3.8, 4) is 0 Å². The van der Waals surface area contributed by atoms with E-state index in [4.69, 9.17) is 4.74 Å². The predicted octanol–water partition coefficient (Wildman–Crippen LogP) is 0.453. The van der Waals surface area contributed by atoms with Gasteiger partial charge in [0.1, 0.15) is 6.54 Å². The van der Waals surface area contributed by atoms with Crippen LogP contribution in [0.5, 0.6) is 0 Å². The van der Waals surface area contributed by atoms with E-state index in [1.807, 2.05) is 0 Å². The monoisotopic (exact) mass is 410 g/mol. The first-order chi connectivity index (χ1) is 14.0. The number of nitrogens with one attached hydrogen (secondary N) is 2. The number of nitrogens with zero attached hydrogens (tertiary/aromatic N) is 4. The molecular weight excluding hydrogens is 368 g/mol. The van der Waals surface area contributed by atoms with Crippen molar-refractivity contribution < 1.29 is 9.53 Å². The highest BCUT2D eigenvalue weighted by molar-refractivity contribution is 5.84. The maximum Gasteiger partial charge on any atom is 0.243 e. The third-order valence-electron chi connectivity index (χ3n) is 5.52. The van der Waals surface area contributed by atoms with Crippen molar-refractivity contribution >= 4 is 11.9 Å². The number of likely N-dealkylation sites (N-methyl/N-ethyl adjacent to an activating group) is 1. The van der Waals surface area contributed by atoms with E-state index in [2.05, 4.69) is 39.3 Å². The van der Waals surface area contributed by atoms with Crippen LogP contribution in [0.15, 0.2) is 4.99 Å². The normalized spacial score (nSPS) is 21.6. The fraction of sp³-hybridized carbons (Fsp3) is 0.905. The van der Waals surface area contributed by atoms with Crippen molar-refractivity contribution in [3.05, 3.63) is 0 Å². The number of hydrogen-bond donors (Lipinski definition) is 2. The summed E-state index contributed by atoms with van der Waals surface area (Å²) in [4.78, 5) is 23.1. The molecule has 0 bridgehead atoms. The van der Waals surface area contributed by atoms with Crippen LogP contribution in [0, 0.1) is 5.92 Å². The van der Waals surface area contributed by atoms with Gasteiger partial charge in [-0.25, -0.2) is 4.99 Å². The van der Waals surface area contributed by atoms with Gasteiger partial charge in [-0.15, -0.1) is 0 Å². The summed E-state index contributed by atoms with van der Waals surface area (Å²) in [7, 11) is 3.53. The van der Waals surface area contributed by atoms with Gasteiger partial charge in [-0.3, -0.25) is 14.6 Å². The van der Waals surface area contributed by atoms with Crippen molar-refractivity contribution in [1.29, 1.82) is 0 Å². The fourth-order valence-electron chi connectivity index (χ4n) is 3.85. The lowest BCUT2D eigenvalue weighted by molar-refractivity contribution is -0.127. The summed E-state index contributed by atoms with van der Waals surface area (Å²) in [5, 5.41) is 6.92. The zero-order valence-electron chi connectivity index (χ0n) is 19.0. The number of morpholine rings is 1. The summed E-state index contributed by atoms with van der Waals surface area (Å²) in [6.07, 6.45) is 3.53. The van der Waals surface area contributed by atoms with E-state index < -0.39 is 0 Å². The van der Waals surface area contributed by atoms with Gasteiger partial charge < -0.3 is 20.3 Å². The molecule has 168 valence electrons. The number of carbonyl (C=O) groups excluding carboxylic acids is 1. The molecule has 0 aromatic rings. The second kappa shape index (κ2) is 13.0. The minimum absolute atomic E-state index is 0.0155. The molecule has 2 rings (SSSR count). The second-order valence-corrected chi connectivity index (χ2v) is 8.75. The Morgan fingerprint density at radius 1 is 1.21 bits per heavy atom. The van der Waals surface area contributed by atoms with Crippen molar-refractivity contribution in [2.45, 2.75) is 39.2 Å². The molecule has 0 saturated carbocycles. The molecule has 0 aliphatic carbocycles. The smallest absolute Gasteiger partial charge is 0.243 e. The van der Waals surface area contributed by atoms with E-state index >= 15 is 0 Å². The fourth-order valence-corrected chi connectivity index (χ4v) is 3.85. The van der Waals surface area contributed by atoms with Crippen molar-refractivity contribution in [1.82, 2.24) is 25.3 Å². The topological polar surface area (TPSA) is 72.4 Å². The molecule has 2 fully saturated rings. The van der Waals surface area contributed by atoms with E-state index in [-0.39, 0.29) is 12.5 Å². The lowest BCUT2D eigenvalue weighted by Gasteiger charge is -2.27. The first-order valence-electron chi connectivity index (χ1n) is 11.2. The Hall–Kier alpha value is -1.38. The third-order valence-corrected chi connectivity index (χ3v) is 5.52. The molecule has 0 spiro atoms. The van der Waals surface area contributed by atoms with E-state index in [9.17, 15) is 4.79 Å². The van der Waals surface area contributed by atoms with Crippen molar-refractivity contribution in [2.75, 3.05) is 79.7 Å². The molecular formula is C21H42N6O2. The zero-order valence-corrected chi connectivity index (χ0v) is 19.0. The van der Waals surface area contributed by atoms with Crippen LogP contribution in [0.1, 0.15) is 33.1 Å². The largest absolute Gasteiger partial charge is 0.379 e. The Balaban J connectivity index is 1.80. The average Bonchev–Trinajstić information content (AvgIpc) is 3.13. The summed E-state index contributed by atoms with van der Waals surface area (Å²) >= 11 is 0. The van der Waals surface area contributed by atoms with Gasteiger partial charge in [-0.2, -0.15) is 0 Å². The van der Waals surface area contributed by atoms with E-state index in [0.717, 1.165) is 64.9 Å². The van der Waals surface area contributed by atoms with Crippen LogP contribution in [-0.4, -0.2) is 112 Å². The molecule has 0 aromatic carbocycles. The number of likely N-dealkylation sites (tertiary alicyclic amines) is 1. The van der Waals surface area contributed by atoms with Crippen molar-refractivity contribution in [2.24, 2.45) is 10.9 Å². The van der Waals surface area contributed by atoms with Crippen LogP contribution in [0.25, 0.3) is 0 Å². The summed E-state index contributed by atoms with van der Waals surface area (Å²) in [5.41, 5.74) is 0. The minimum atomic E-state index is 0.0155. The average molecular weight is 411 g/mol. The van der Waals surface area contributed by atoms with Gasteiger partial charge in [0.25, 0.3) is 0 Å². The van der Waals surface area contributed by atoms with Crippen LogP contribution >= 0.6 is 0 Å². The highest BCUT2D eigenvalue weighted by atomic mass is 16.5. The number of amides is 1. The molecule has 29 heavy (non-hydrogen) atoms. The van der Waals surface area contributed by atoms with Gasteiger partial charge in [0.05, 0.1) is 13.2 Å².